The zero-order valence-electron chi connectivity index (χ0n) is 12.5. The predicted octanol–water partition coefficient (Wildman–Crippen LogP) is 4.00. The van der Waals surface area contributed by atoms with E-state index in [2.05, 4.69) is 4.98 Å². The maximum absolute atomic E-state index is 13.9. The topological polar surface area (TPSA) is 42.4 Å². The lowest BCUT2D eigenvalue weighted by Crippen LogP contribution is -2.49. The van der Waals surface area contributed by atoms with E-state index in [-0.39, 0.29) is 0 Å². The zero-order chi connectivity index (χ0) is 19.5. The van der Waals surface area contributed by atoms with Crippen LogP contribution in [0.15, 0.2) is 30.6 Å². The molecule has 1 aliphatic carbocycles. The Morgan fingerprint density at radius 2 is 1.77 bits per heavy atom. The van der Waals surface area contributed by atoms with Crippen molar-refractivity contribution in [2.24, 2.45) is 0 Å². The average molecular weight is 377 g/mol. The number of benzene rings is 1. The molecule has 2 aromatic rings. The molecule has 3 nitrogen and oxygen atoms in total. The van der Waals surface area contributed by atoms with Crippen molar-refractivity contribution in [1.82, 2.24) is 4.98 Å². The molecule has 1 heterocycles. The summed E-state index contributed by atoms with van der Waals surface area (Å²) in [4.78, 5) is 3.40. The first-order chi connectivity index (χ1) is 11.9. The number of fused-ring (bicyclic) bond motifs is 1. The van der Waals surface area contributed by atoms with Crippen LogP contribution in [-0.4, -0.2) is 23.9 Å². The van der Waals surface area contributed by atoms with E-state index in [9.17, 15) is 35.8 Å². The Hall–Kier alpha value is -2.30. The van der Waals surface area contributed by atoms with E-state index in [0.717, 1.165) is 18.5 Å². The monoisotopic (exact) mass is 377 g/mol. The standard InChI is InChI=1S/C15H7BF7NO2/c16-13(25)11-8(14(20,21)15(13,22)23)1-2-9(10(11)12(18)19)26-7-3-6(17)4-24-5-7/h1-5,12,25H/t13-/m0/s1. The predicted molar refractivity (Wildman–Crippen MR) is 74.2 cm³/mol. The number of nitrogens with zero attached hydrogens (tertiary/aromatic N) is 1. The van der Waals surface area contributed by atoms with Gasteiger partial charge in [0.15, 0.2) is 0 Å². The number of aromatic nitrogens is 1. The smallest absolute Gasteiger partial charge is 0.338 e. The highest BCUT2D eigenvalue weighted by molar-refractivity contribution is 6.16. The number of halogens is 7. The second kappa shape index (κ2) is 5.60. The number of ether oxygens (including phenoxy) is 1. The van der Waals surface area contributed by atoms with Gasteiger partial charge in [-0.15, -0.1) is 0 Å². The molecule has 0 fully saturated rings. The van der Waals surface area contributed by atoms with Crippen LogP contribution in [0.2, 0.25) is 0 Å². The van der Waals surface area contributed by atoms with E-state index < -0.39 is 57.8 Å². The van der Waals surface area contributed by atoms with E-state index in [0.29, 0.717) is 12.1 Å². The van der Waals surface area contributed by atoms with E-state index in [4.69, 9.17) is 12.6 Å². The first-order valence-corrected chi connectivity index (χ1v) is 6.92. The second-order valence-electron chi connectivity index (χ2n) is 5.56. The lowest BCUT2D eigenvalue weighted by Gasteiger charge is -2.30. The minimum absolute atomic E-state index is 0.391. The minimum Gasteiger partial charge on any atom is -0.455 e. The highest BCUT2D eigenvalue weighted by Crippen LogP contribution is 2.61. The summed E-state index contributed by atoms with van der Waals surface area (Å²) >= 11 is 0. The number of pyridine rings is 1. The number of hydrogen-bond donors (Lipinski definition) is 1. The van der Waals surface area contributed by atoms with Crippen LogP contribution in [0, 0.1) is 5.82 Å². The van der Waals surface area contributed by atoms with Gasteiger partial charge < -0.3 is 9.84 Å². The van der Waals surface area contributed by atoms with Crippen molar-refractivity contribution < 1.29 is 40.6 Å². The first-order valence-electron chi connectivity index (χ1n) is 6.92. The van der Waals surface area contributed by atoms with Crippen molar-refractivity contribution >= 4 is 7.85 Å². The van der Waals surface area contributed by atoms with Crippen LogP contribution < -0.4 is 4.74 Å². The summed E-state index contributed by atoms with van der Waals surface area (Å²) in [5.41, 5.74) is -8.61. The Kier molecular flexibility index (Phi) is 3.98. The molecule has 1 N–H and O–H groups in total. The Balaban J connectivity index is 2.23. The molecule has 0 aliphatic heterocycles. The largest absolute Gasteiger partial charge is 0.455 e. The maximum atomic E-state index is 13.9. The van der Waals surface area contributed by atoms with Crippen LogP contribution in [-0.2, 0) is 11.4 Å². The number of aliphatic hydroxyl groups is 1. The van der Waals surface area contributed by atoms with Gasteiger partial charge in [-0.25, -0.2) is 13.2 Å². The molecular weight excluding hydrogens is 370 g/mol. The molecule has 11 heteroatoms. The van der Waals surface area contributed by atoms with Crippen molar-refractivity contribution in [3.8, 4) is 11.5 Å². The van der Waals surface area contributed by atoms with Crippen molar-refractivity contribution in [3.05, 3.63) is 53.1 Å². The van der Waals surface area contributed by atoms with Crippen LogP contribution in [0.4, 0.5) is 30.7 Å². The van der Waals surface area contributed by atoms with E-state index in [1.165, 1.54) is 0 Å². The molecule has 2 radical (unpaired) electrons. The van der Waals surface area contributed by atoms with Gasteiger partial charge in [-0.1, -0.05) is 0 Å². The summed E-state index contributed by atoms with van der Waals surface area (Å²) in [6, 6.07) is 1.71. The normalized spacial score (nSPS) is 23.1. The Bertz CT molecular complexity index is 873. The van der Waals surface area contributed by atoms with Gasteiger partial charge in [-0.3, -0.25) is 4.98 Å². The molecule has 1 atom stereocenters. The van der Waals surface area contributed by atoms with Crippen LogP contribution in [0.5, 0.6) is 11.5 Å². The molecule has 0 saturated carbocycles. The van der Waals surface area contributed by atoms with Gasteiger partial charge in [0, 0.05) is 17.2 Å². The van der Waals surface area contributed by atoms with Gasteiger partial charge in [-0.05, 0) is 12.1 Å². The molecule has 0 spiro atoms. The van der Waals surface area contributed by atoms with Crippen LogP contribution in [0.3, 0.4) is 0 Å². The number of hydrogen-bond acceptors (Lipinski definition) is 3. The van der Waals surface area contributed by atoms with E-state index >= 15 is 0 Å². The molecule has 0 saturated heterocycles. The Morgan fingerprint density at radius 3 is 2.35 bits per heavy atom. The average Bonchev–Trinajstić information content (AvgIpc) is 2.63. The number of rotatable bonds is 3. The van der Waals surface area contributed by atoms with Crippen LogP contribution in [0.1, 0.15) is 23.1 Å². The van der Waals surface area contributed by atoms with E-state index in [1.54, 1.807) is 0 Å². The molecular formula is C15H7BF7NO2. The minimum atomic E-state index is -5.25. The number of alkyl halides is 6. The highest BCUT2D eigenvalue weighted by Gasteiger charge is 2.74. The summed E-state index contributed by atoms with van der Waals surface area (Å²) in [5.74, 6) is -12.4. The molecule has 1 aliphatic rings. The molecule has 1 aromatic heterocycles. The molecule has 1 aromatic carbocycles. The highest BCUT2D eigenvalue weighted by atomic mass is 19.3. The van der Waals surface area contributed by atoms with E-state index in [1.807, 2.05) is 0 Å². The molecule has 0 bridgehead atoms. The lowest BCUT2D eigenvalue weighted by molar-refractivity contribution is -0.260. The van der Waals surface area contributed by atoms with Crippen LogP contribution in [0.25, 0.3) is 0 Å². The lowest BCUT2D eigenvalue weighted by atomic mass is 9.73. The van der Waals surface area contributed by atoms with Crippen molar-refractivity contribution in [2.45, 2.75) is 23.8 Å². The Morgan fingerprint density at radius 1 is 1.12 bits per heavy atom. The van der Waals surface area contributed by atoms with Crippen molar-refractivity contribution in [2.75, 3.05) is 0 Å². The fraction of sp³-hybridized carbons (Fsp3) is 0.267. The zero-order valence-corrected chi connectivity index (χ0v) is 12.5. The summed E-state index contributed by atoms with van der Waals surface area (Å²) < 4.78 is 101. The quantitative estimate of drug-likeness (QED) is 0.650. The summed E-state index contributed by atoms with van der Waals surface area (Å²) in [5, 5.41) is 9.76. The molecule has 3 rings (SSSR count). The van der Waals surface area contributed by atoms with Gasteiger partial charge in [-0.2, -0.15) is 17.6 Å². The molecule has 0 unspecified atom stereocenters. The molecule has 26 heavy (non-hydrogen) atoms. The third-order valence-electron chi connectivity index (χ3n) is 3.92. The van der Waals surface area contributed by atoms with Gasteiger partial charge in [0.25, 0.3) is 6.43 Å². The molecule has 0 amide bonds. The fourth-order valence-electron chi connectivity index (χ4n) is 2.72. The summed E-state index contributed by atoms with van der Waals surface area (Å²) in [6.45, 7) is 0. The SMILES string of the molecule is [B][C@]1(O)c2c(ccc(Oc3cncc(F)c3)c2C(F)F)C(F)(F)C1(F)F. The summed E-state index contributed by atoms with van der Waals surface area (Å²) in [6.07, 6.45) is -1.91. The fourth-order valence-corrected chi connectivity index (χ4v) is 2.72. The van der Waals surface area contributed by atoms with Gasteiger partial charge in [0.2, 0.25) is 0 Å². The third-order valence-corrected chi connectivity index (χ3v) is 3.92. The second-order valence-corrected chi connectivity index (χ2v) is 5.56. The first kappa shape index (κ1) is 18.5. The van der Waals surface area contributed by atoms with Gasteiger partial charge in [0.05, 0.1) is 18.0 Å². The van der Waals surface area contributed by atoms with Crippen molar-refractivity contribution in [1.29, 1.82) is 0 Å². The van der Waals surface area contributed by atoms with Gasteiger partial charge >= 0.3 is 11.8 Å². The van der Waals surface area contributed by atoms with Gasteiger partial charge in [0.1, 0.15) is 30.7 Å². The Labute approximate surface area is 142 Å². The maximum Gasteiger partial charge on any atom is 0.338 e. The van der Waals surface area contributed by atoms with Crippen LogP contribution >= 0.6 is 0 Å². The third kappa shape index (κ3) is 2.37. The van der Waals surface area contributed by atoms with Crippen molar-refractivity contribution in [3.63, 3.8) is 0 Å². The molecule has 136 valence electrons. The summed E-state index contributed by atoms with van der Waals surface area (Å²) in [7, 11) is 4.93.